The molecule has 31 heavy (non-hydrogen) atoms. The summed E-state index contributed by atoms with van der Waals surface area (Å²) in [4.78, 5) is 0. The number of nitrogens with one attached hydrogen (secondary N) is 2. The second-order valence-electron chi connectivity index (χ2n) is 7.21. The Morgan fingerprint density at radius 1 is 1.16 bits per heavy atom. The van der Waals surface area contributed by atoms with Crippen LogP contribution in [0.2, 0.25) is 0 Å². The molecule has 3 rings (SSSR count). The van der Waals surface area contributed by atoms with E-state index in [4.69, 9.17) is 9.84 Å². The van der Waals surface area contributed by atoms with Crippen molar-refractivity contribution in [3.8, 4) is 5.75 Å². The minimum Gasteiger partial charge on any atom is -0.491 e. The minimum atomic E-state index is -4.17. The van der Waals surface area contributed by atoms with Crippen molar-refractivity contribution in [2.45, 2.75) is 30.1 Å². The second-order valence-corrected chi connectivity index (χ2v) is 10.5. The van der Waals surface area contributed by atoms with Crippen LogP contribution >= 0.6 is 22.6 Å². The average molecular weight is 572 g/mol. The van der Waals surface area contributed by atoms with E-state index < -0.39 is 56.4 Å². The van der Waals surface area contributed by atoms with Gasteiger partial charge in [-0.1, -0.05) is 0 Å². The maximum Gasteiger partial charge on any atom is 0.238 e. The number of ether oxygens (including phenoxy) is 1. The topological polar surface area (TPSA) is 108 Å². The Morgan fingerprint density at radius 2 is 1.84 bits per heavy atom. The van der Waals surface area contributed by atoms with Crippen molar-refractivity contribution < 1.29 is 36.5 Å². The van der Waals surface area contributed by atoms with Gasteiger partial charge in [-0.05, 0) is 66.1 Å². The zero-order valence-corrected chi connectivity index (χ0v) is 19.2. The fourth-order valence-electron chi connectivity index (χ4n) is 3.18. The fraction of sp³-hybridized carbons (Fsp3) is 0.368. The molecule has 1 saturated carbocycles. The number of benzene rings is 2. The van der Waals surface area contributed by atoms with Crippen LogP contribution in [-0.4, -0.2) is 43.2 Å². The first-order valence-electron chi connectivity index (χ1n) is 9.13. The van der Waals surface area contributed by atoms with Crippen LogP contribution in [-0.2, 0) is 10.0 Å². The first-order chi connectivity index (χ1) is 14.5. The zero-order chi connectivity index (χ0) is 23.0. The van der Waals surface area contributed by atoms with E-state index >= 15 is 0 Å². The second kappa shape index (κ2) is 9.00. The molecule has 0 radical (unpaired) electrons. The van der Waals surface area contributed by atoms with Crippen molar-refractivity contribution in [1.29, 1.82) is 0 Å². The zero-order valence-electron chi connectivity index (χ0n) is 16.3. The molecule has 1 fully saturated rings. The average Bonchev–Trinajstić information content (AvgIpc) is 3.49. The molecule has 1 unspecified atom stereocenters. The van der Waals surface area contributed by atoms with Gasteiger partial charge in [-0.25, -0.2) is 17.2 Å². The van der Waals surface area contributed by atoms with Crippen LogP contribution in [0.3, 0.4) is 0 Å². The van der Waals surface area contributed by atoms with Crippen molar-refractivity contribution in [3.05, 3.63) is 45.3 Å². The van der Waals surface area contributed by atoms with Crippen molar-refractivity contribution in [1.82, 2.24) is 0 Å². The molecule has 0 aliphatic heterocycles. The van der Waals surface area contributed by atoms with Gasteiger partial charge in [-0.3, -0.25) is 4.72 Å². The summed E-state index contributed by atoms with van der Waals surface area (Å²) < 4.78 is 75.4. The smallest absolute Gasteiger partial charge is 0.238 e. The van der Waals surface area contributed by atoms with Crippen LogP contribution in [0.15, 0.2) is 24.3 Å². The van der Waals surface area contributed by atoms with Crippen LogP contribution in [0.4, 0.5) is 30.2 Å². The Hall–Kier alpha value is -1.77. The molecule has 1 aliphatic rings. The largest absolute Gasteiger partial charge is 0.491 e. The highest BCUT2D eigenvalue weighted by molar-refractivity contribution is 14.1. The number of methoxy groups -OCH3 is 1. The number of halogens is 4. The summed E-state index contributed by atoms with van der Waals surface area (Å²) in [5.74, 6) is -4.22. The molecular formula is C19H20F3IN2O5S. The lowest BCUT2D eigenvalue weighted by molar-refractivity contribution is 0.0858. The Labute approximate surface area is 190 Å². The highest BCUT2D eigenvalue weighted by Gasteiger charge is 2.55. The monoisotopic (exact) mass is 572 g/mol. The standard InChI is InChI=1S/C19H20F3IN2O5S/c1-30-18-15(25-31(28,29)19(4-5-19)8-11(27)9-26)7-14(16(21)17(18)22)24-13-3-2-10(23)6-12(13)20/h2-3,6-7,11,24-27H,4-5,8-9H2,1H3. The Kier molecular flexibility index (Phi) is 6.93. The van der Waals surface area contributed by atoms with E-state index in [1.165, 1.54) is 12.1 Å². The molecule has 12 heteroatoms. The van der Waals surface area contributed by atoms with Crippen molar-refractivity contribution in [2.24, 2.45) is 0 Å². The SMILES string of the molecule is COc1c(NS(=O)(=O)C2(CC(O)CO)CC2)cc(Nc2ccc(I)cc2F)c(F)c1F. The van der Waals surface area contributed by atoms with Crippen LogP contribution < -0.4 is 14.8 Å². The number of anilines is 3. The van der Waals surface area contributed by atoms with E-state index in [-0.39, 0.29) is 30.6 Å². The van der Waals surface area contributed by atoms with Gasteiger partial charge in [0.15, 0.2) is 11.6 Å². The number of aliphatic hydroxyl groups is 2. The first-order valence-corrected chi connectivity index (χ1v) is 11.7. The Morgan fingerprint density at radius 3 is 2.39 bits per heavy atom. The molecule has 0 heterocycles. The summed E-state index contributed by atoms with van der Waals surface area (Å²) >= 11 is 1.89. The van der Waals surface area contributed by atoms with Gasteiger partial charge in [-0.2, -0.15) is 4.39 Å². The lowest BCUT2D eigenvalue weighted by Crippen LogP contribution is -2.34. The molecule has 2 aromatic rings. The first kappa shape index (κ1) is 23.9. The minimum absolute atomic E-state index is 0.137. The maximum absolute atomic E-state index is 14.6. The third kappa shape index (κ3) is 4.86. The number of sulfonamides is 1. The molecular weight excluding hydrogens is 552 g/mol. The summed E-state index contributed by atoms with van der Waals surface area (Å²) in [6, 6.07) is 5.03. The molecule has 1 atom stereocenters. The van der Waals surface area contributed by atoms with Crippen LogP contribution in [0.5, 0.6) is 5.75 Å². The molecule has 4 N–H and O–H groups in total. The highest BCUT2D eigenvalue weighted by atomic mass is 127. The maximum atomic E-state index is 14.6. The van der Waals surface area contributed by atoms with Gasteiger partial charge >= 0.3 is 0 Å². The van der Waals surface area contributed by atoms with Gasteiger partial charge in [0.1, 0.15) is 5.82 Å². The summed E-state index contributed by atoms with van der Waals surface area (Å²) in [5, 5.41) is 21.1. The summed E-state index contributed by atoms with van der Waals surface area (Å²) in [6.45, 7) is -0.610. The highest BCUT2D eigenvalue weighted by Crippen LogP contribution is 2.49. The molecule has 0 aromatic heterocycles. The number of aliphatic hydroxyl groups excluding tert-OH is 2. The van der Waals surface area contributed by atoms with Crippen LogP contribution in [0.25, 0.3) is 0 Å². The Balaban J connectivity index is 1.98. The van der Waals surface area contributed by atoms with E-state index in [9.17, 15) is 26.7 Å². The van der Waals surface area contributed by atoms with Gasteiger partial charge in [0.05, 0.1) is 41.6 Å². The number of hydrogen-bond acceptors (Lipinski definition) is 6. The molecule has 2 aromatic carbocycles. The lowest BCUT2D eigenvalue weighted by atomic mass is 10.2. The summed E-state index contributed by atoms with van der Waals surface area (Å²) in [6.07, 6.45) is -1.01. The van der Waals surface area contributed by atoms with Crippen molar-refractivity contribution in [3.63, 3.8) is 0 Å². The van der Waals surface area contributed by atoms with Gasteiger partial charge in [0.2, 0.25) is 15.8 Å². The van der Waals surface area contributed by atoms with E-state index in [2.05, 4.69) is 10.0 Å². The van der Waals surface area contributed by atoms with Crippen molar-refractivity contribution in [2.75, 3.05) is 23.8 Å². The molecule has 7 nitrogen and oxygen atoms in total. The lowest BCUT2D eigenvalue weighted by Gasteiger charge is -2.22. The van der Waals surface area contributed by atoms with Gasteiger partial charge in [-0.15, -0.1) is 0 Å². The number of rotatable bonds is 9. The molecule has 1 aliphatic carbocycles. The van der Waals surface area contributed by atoms with Crippen LogP contribution in [0.1, 0.15) is 19.3 Å². The van der Waals surface area contributed by atoms with Gasteiger partial charge in [0, 0.05) is 3.57 Å². The Bertz CT molecular complexity index is 1100. The van der Waals surface area contributed by atoms with Crippen molar-refractivity contribution >= 4 is 49.7 Å². The number of hydrogen-bond donors (Lipinski definition) is 4. The molecule has 0 spiro atoms. The third-order valence-electron chi connectivity index (χ3n) is 5.01. The molecule has 170 valence electrons. The predicted octanol–water partition coefficient (Wildman–Crippen LogP) is 3.48. The van der Waals surface area contributed by atoms with E-state index in [1.54, 1.807) is 6.07 Å². The van der Waals surface area contributed by atoms with Gasteiger partial charge in [0.25, 0.3) is 0 Å². The van der Waals surface area contributed by atoms with Gasteiger partial charge < -0.3 is 20.3 Å². The predicted molar refractivity (Wildman–Crippen MR) is 118 cm³/mol. The quantitative estimate of drug-likeness (QED) is 0.343. The molecule has 0 amide bonds. The fourth-order valence-corrected chi connectivity index (χ4v) is 5.34. The van der Waals surface area contributed by atoms with E-state index in [0.717, 1.165) is 13.2 Å². The molecule has 0 saturated heterocycles. The van der Waals surface area contributed by atoms with E-state index in [0.29, 0.717) is 3.57 Å². The summed E-state index contributed by atoms with van der Waals surface area (Å²) in [5.41, 5.74) is -1.03. The van der Waals surface area contributed by atoms with Crippen LogP contribution in [0, 0.1) is 21.0 Å². The normalized spacial score (nSPS) is 16.0. The third-order valence-corrected chi connectivity index (χ3v) is 7.88. The van der Waals surface area contributed by atoms with E-state index in [1.807, 2.05) is 22.6 Å². The summed E-state index contributed by atoms with van der Waals surface area (Å²) in [7, 11) is -3.12. The molecule has 0 bridgehead atoms.